The summed E-state index contributed by atoms with van der Waals surface area (Å²) in [5.74, 6) is 0. The molecule has 0 aromatic carbocycles. The van der Waals surface area contributed by atoms with Crippen molar-refractivity contribution < 1.29 is 72.0 Å². The van der Waals surface area contributed by atoms with Crippen LogP contribution in [-0.2, 0) is 50.7 Å². The van der Waals surface area contributed by atoms with E-state index in [1.165, 1.54) is 0 Å². The summed E-state index contributed by atoms with van der Waals surface area (Å²) in [5.41, 5.74) is 0. The third-order valence-electron chi connectivity index (χ3n) is 0. The third-order valence-corrected chi connectivity index (χ3v) is 0. The predicted octanol–water partition coefficient (Wildman–Crippen LogP) is -4.02. The molecule has 16 heteroatoms. The molecule has 0 atom stereocenters. The first-order valence-electron chi connectivity index (χ1n) is 2.00. The molecule has 105 valence electrons. The van der Waals surface area contributed by atoms with Crippen molar-refractivity contribution in [1.29, 1.82) is 0 Å². The van der Waals surface area contributed by atoms with Gasteiger partial charge in [-0.25, -0.2) is 0 Å². The summed E-state index contributed by atoms with van der Waals surface area (Å²) in [5, 5.41) is 0. The van der Waals surface area contributed by atoms with Gasteiger partial charge in [0, 0.05) is 50.7 Å². The summed E-state index contributed by atoms with van der Waals surface area (Å²) in [7, 11) is -15.5. The van der Waals surface area contributed by atoms with Crippen LogP contribution in [-0.4, -0.2) is 52.6 Å². The fourth-order valence-electron chi connectivity index (χ4n) is 0. The minimum absolute atomic E-state index is 0. The van der Waals surface area contributed by atoms with Crippen LogP contribution in [0.2, 0.25) is 0 Å². The van der Waals surface area contributed by atoms with Gasteiger partial charge in [0.05, 0.1) is 0 Å². The molecule has 0 spiro atoms. The predicted molar refractivity (Wildman–Crippen MR) is 31.4 cm³/mol. The Morgan fingerprint density at radius 2 is 0.438 bits per heavy atom. The van der Waals surface area contributed by atoms with Crippen LogP contribution in [0.1, 0.15) is 0 Å². The minimum atomic E-state index is -5.17. The maximum atomic E-state index is 8.52. The fraction of sp³-hybridized carbons (Fsp3) is 0. The standard InChI is InChI=1S/3H2O4S.Rh/c3*1-5(2,3)4;/h3*(H2,1,2,3,4);/p-6. The van der Waals surface area contributed by atoms with E-state index < -0.39 is 31.2 Å². The molecule has 0 fully saturated rings. The van der Waals surface area contributed by atoms with E-state index >= 15 is 0 Å². The molecule has 0 heterocycles. The van der Waals surface area contributed by atoms with Crippen LogP contribution in [0.5, 0.6) is 0 Å². The van der Waals surface area contributed by atoms with Gasteiger partial charge in [-0.2, -0.15) is 0 Å². The first-order chi connectivity index (χ1) is 6.00. The second kappa shape index (κ2) is 9.28. The SMILES string of the molecule is O=S(=O)([O-])[O-].O=S(=O)([O-])[O-].O=S(=O)([O-])[O-].[Rh]. The molecule has 0 amide bonds. The Balaban J connectivity index is -0.0000000655. The molecule has 0 aliphatic carbocycles. The summed E-state index contributed by atoms with van der Waals surface area (Å²) < 4.78 is 102. The minimum Gasteiger partial charge on any atom is -0.759 e. The molecular formula is O12RhS3-6. The average molecular weight is 391 g/mol. The normalized spacial score (nSPS) is 10.9. The quantitative estimate of drug-likeness (QED) is 0.218. The van der Waals surface area contributed by atoms with Crippen LogP contribution in [0.15, 0.2) is 0 Å². The van der Waals surface area contributed by atoms with E-state index in [9.17, 15) is 0 Å². The van der Waals surface area contributed by atoms with E-state index in [2.05, 4.69) is 0 Å². The second-order valence-corrected chi connectivity index (χ2v) is 3.67. The Kier molecular flexibility index (Phi) is 14.6. The Labute approximate surface area is 103 Å². The van der Waals surface area contributed by atoms with E-state index in [0.29, 0.717) is 0 Å². The first-order valence-corrected chi connectivity index (χ1v) is 6.00. The maximum Gasteiger partial charge on any atom is 0.0311 e. The summed E-state index contributed by atoms with van der Waals surface area (Å²) in [4.78, 5) is 0. The van der Waals surface area contributed by atoms with Crippen molar-refractivity contribution in [3.8, 4) is 0 Å². The van der Waals surface area contributed by atoms with Crippen LogP contribution >= 0.6 is 0 Å². The largest absolute Gasteiger partial charge is 0.759 e. The van der Waals surface area contributed by atoms with Crippen molar-refractivity contribution in [2.24, 2.45) is 0 Å². The Morgan fingerprint density at radius 1 is 0.438 bits per heavy atom. The summed E-state index contributed by atoms with van der Waals surface area (Å²) in [6.45, 7) is 0. The molecule has 0 aliphatic rings. The van der Waals surface area contributed by atoms with Gasteiger partial charge in [-0.1, -0.05) is 0 Å². The van der Waals surface area contributed by atoms with E-state index in [1.807, 2.05) is 0 Å². The van der Waals surface area contributed by atoms with Crippen LogP contribution in [0.4, 0.5) is 0 Å². The Bertz CT molecular complexity index is 337. The van der Waals surface area contributed by atoms with E-state index in [4.69, 9.17) is 52.6 Å². The van der Waals surface area contributed by atoms with E-state index in [-0.39, 0.29) is 19.5 Å². The zero-order valence-electron chi connectivity index (χ0n) is 6.46. The molecular weight excluding hydrogens is 391 g/mol. The molecule has 0 rings (SSSR count). The molecule has 0 aromatic rings. The van der Waals surface area contributed by atoms with Crippen molar-refractivity contribution >= 4 is 31.2 Å². The summed E-state index contributed by atoms with van der Waals surface area (Å²) >= 11 is 0. The van der Waals surface area contributed by atoms with Gasteiger partial charge in [-0.3, -0.25) is 25.3 Å². The van der Waals surface area contributed by atoms with Gasteiger partial charge in [0.1, 0.15) is 0 Å². The van der Waals surface area contributed by atoms with Crippen LogP contribution in [0.25, 0.3) is 0 Å². The Morgan fingerprint density at radius 3 is 0.438 bits per heavy atom. The van der Waals surface area contributed by atoms with Crippen LogP contribution in [0.3, 0.4) is 0 Å². The number of hydrogen-bond acceptors (Lipinski definition) is 12. The zero-order valence-corrected chi connectivity index (χ0v) is 10.5. The molecule has 1 radical (unpaired) electrons. The van der Waals surface area contributed by atoms with Gasteiger partial charge in [-0.15, -0.1) is 0 Å². The topological polar surface area (TPSA) is 241 Å². The molecule has 0 bridgehead atoms. The third kappa shape index (κ3) is 45800. The summed E-state index contributed by atoms with van der Waals surface area (Å²) in [6.07, 6.45) is 0. The molecule has 0 saturated carbocycles. The smallest absolute Gasteiger partial charge is 0.0311 e. The number of hydrogen-bond donors (Lipinski definition) is 0. The maximum absolute atomic E-state index is 8.52. The molecule has 0 aromatic heterocycles. The molecule has 12 nitrogen and oxygen atoms in total. The first kappa shape index (κ1) is 25.2. The van der Waals surface area contributed by atoms with Gasteiger partial charge >= 0.3 is 0 Å². The van der Waals surface area contributed by atoms with Crippen molar-refractivity contribution in [3.05, 3.63) is 0 Å². The fourth-order valence-corrected chi connectivity index (χ4v) is 0. The molecule has 0 aliphatic heterocycles. The molecule has 16 heavy (non-hydrogen) atoms. The van der Waals surface area contributed by atoms with Gasteiger partial charge in [0.15, 0.2) is 0 Å². The average Bonchev–Trinajstić information content (AvgIpc) is 1.41. The van der Waals surface area contributed by atoms with Crippen molar-refractivity contribution in [1.82, 2.24) is 0 Å². The monoisotopic (exact) mass is 391 g/mol. The zero-order chi connectivity index (χ0) is 13.5. The van der Waals surface area contributed by atoms with Crippen molar-refractivity contribution in [3.63, 3.8) is 0 Å². The Hall–Kier alpha value is 0.233. The van der Waals surface area contributed by atoms with Crippen molar-refractivity contribution in [2.75, 3.05) is 0 Å². The van der Waals surface area contributed by atoms with Crippen LogP contribution < -0.4 is 0 Å². The van der Waals surface area contributed by atoms with E-state index in [0.717, 1.165) is 0 Å². The van der Waals surface area contributed by atoms with Gasteiger partial charge in [-0.05, 0) is 0 Å². The van der Waals surface area contributed by atoms with Gasteiger partial charge < -0.3 is 27.3 Å². The second-order valence-electron chi connectivity index (χ2n) is 1.22. The van der Waals surface area contributed by atoms with Crippen molar-refractivity contribution in [2.45, 2.75) is 0 Å². The van der Waals surface area contributed by atoms with Gasteiger partial charge in [0.25, 0.3) is 0 Å². The van der Waals surface area contributed by atoms with Gasteiger partial charge in [0.2, 0.25) is 0 Å². The summed E-state index contributed by atoms with van der Waals surface area (Å²) in [6, 6.07) is 0. The van der Waals surface area contributed by atoms with E-state index in [1.54, 1.807) is 0 Å². The molecule has 0 saturated heterocycles. The molecule has 0 N–H and O–H groups in total. The molecule has 0 unspecified atom stereocenters. The number of rotatable bonds is 0. The van der Waals surface area contributed by atoms with Crippen LogP contribution in [0, 0.1) is 0 Å².